The van der Waals surface area contributed by atoms with Crippen molar-refractivity contribution >= 4 is 10.8 Å². The SMILES string of the molecule is CC(C)(C)C1CC(C)(C)S(=O)C(C)(C)C1. The maximum Gasteiger partial charge on any atom is 0.0411 e. The normalized spacial score (nSPS) is 35.1. The van der Waals surface area contributed by atoms with Gasteiger partial charge in [-0.2, -0.15) is 0 Å². The minimum absolute atomic E-state index is 0.0281. The van der Waals surface area contributed by atoms with Crippen LogP contribution >= 0.6 is 0 Å². The average molecular weight is 230 g/mol. The van der Waals surface area contributed by atoms with E-state index in [1.807, 2.05) is 0 Å². The average Bonchev–Trinajstić information content (AvgIpc) is 1.97. The lowest BCUT2D eigenvalue weighted by atomic mass is 9.71. The number of hydrogen-bond donors (Lipinski definition) is 0. The molecule has 0 aromatic carbocycles. The molecule has 1 fully saturated rings. The minimum Gasteiger partial charge on any atom is -0.258 e. The molecule has 0 unspecified atom stereocenters. The Balaban J connectivity index is 3.00. The van der Waals surface area contributed by atoms with E-state index < -0.39 is 10.8 Å². The van der Waals surface area contributed by atoms with Gasteiger partial charge in [0.1, 0.15) is 0 Å². The minimum atomic E-state index is -0.716. The summed E-state index contributed by atoms with van der Waals surface area (Å²) in [6.07, 6.45) is 2.18. The van der Waals surface area contributed by atoms with Crippen LogP contribution < -0.4 is 0 Å². The number of rotatable bonds is 0. The largest absolute Gasteiger partial charge is 0.258 e. The standard InChI is InChI=1S/C13H26OS/c1-11(2,3)10-8-12(4,5)15(14)13(6,7)9-10/h10H,8-9H2,1-7H3. The van der Waals surface area contributed by atoms with Crippen molar-refractivity contribution < 1.29 is 4.21 Å². The van der Waals surface area contributed by atoms with Gasteiger partial charge in [0, 0.05) is 20.3 Å². The summed E-state index contributed by atoms with van der Waals surface area (Å²) in [4.78, 5) is 0. The van der Waals surface area contributed by atoms with E-state index in [4.69, 9.17) is 0 Å². The fraction of sp³-hybridized carbons (Fsp3) is 1.00. The Bertz CT molecular complexity index is 251. The monoisotopic (exact) mass is 230 g/mol. The first-order valence-corrected chi connectivity index (χ1v) is 7.04. The highest BCUT2D eigenvalue weighted by Crippen LogP contribution is 2.47. The van der Waals surface area contributed by atoms with E-state index in [0.717, 1.165) is 12.8 Å². The van der Waals surface area contributed by atoms with Crippen LogP contribution in [0.15, 0.2) is 0 Å². The first-order valence-electron chi connectivity index (χ1n) is 5.89. The molecule has 0 aliphatic carbocycles. The van der Waals surface area contributed by atoms with E-state index in [0.29, 0.717) is 11.3 Å². The number of hydrogen-bond acceptors (Lipinski definition) is 1. The predicted molar refractivity (Wildman–Crippen MR) is 68.5 cm³/mol. The summed E-state index contributed by atoms with van der Waals surface area (Å²) >= 11 is 0. The summed E-state index contributed by atoms with van der Waals surface area (Å²) in [6, 6.07) is 0. The van der Waals surface area contributed by atoms with Crippen molar-refractivity contribution in [3.05, 3.63) is 0 Å². The third-order valence-electron chi connectivity index (χ3n) is 3.70. The van der Waals surface area contributed by atoms with Crippen LogP contribution in [0.5, 0.6) is 0 Å². The molecule has 0 N–H and O–H groups in total. The molecule has 0 saturated carbocycles. The van der Waals surface area contributed by atoms with E-state index in [-0.39, 0.29) is 9.49 Å². The lowest BCUT2D eigenvalue weighted by Crippen LogP contribution is -2.50. The molecule has 1 heterocycles. The molecule has 15 heavy (non-hydrogen) atoms. The van der Waals surface area contributed by atoms with Gasteiger partial charge in [-0.05, 0) is 51.9 Å². The molecule has 0 spiro atoms. The van der Waals surface area contributed by atoms with Crippen LogP contribution in [0, 0.1) is 11.3 Å². The zero-order chi connectivity index (χ0) is 12.1. The molecule has 1 saturated heterocycles. The third kappa shape index (κ3) is 2.64. The van der Waals surface area contributed by atoms with Gasteiger partial charge in [0.2, 0.25) is 0 Å². The molecular weight excluding hydrogens is 204 g/mol. The van der Waals surface area contributed by atoms with Crippen molar-refractivity contribution in [3.63, 3.8) is 0 Å². The van der Waals surface area contributed by atoms with E-state index in [1.54, 1.807) is 0 Å². The van der Waals surface area contributed by atoms with Crippen LogP contribution in [0.3, 0.4) is 0 Å². The molecule has 1 rings (SSSR count). The van der Waals surface area contributed by atoms with Gasteiger partial charge in [-0.25, -0.2) is 0 Å². The Morgan fingerprint density at radius 3 is 1.60 bits per heavy atom. The van der Waals surface area contributed by atoms with Crippen LogP contribution in [0.25, 0.3) is 0 Å². The summed E-state index contributed by atoms with van der Waals surface area (Å²) in [5.41, 5.74) is 0.332. The molecule has 1 aliphatic heterocycles. The molecular formula is C13H26OS. The molecule has 1 aliphatic rings. The van der Waals surface area contributed by atoms with Crippen molar-refractivity contribution in [1.82, 2.24) is 0 Å². The van der Waals surface area contributed by atoms with Crippen molar-refractivity contribution in [2.24, 2.45) is 11.3 Å². The van der Waals surface area contributed by atoms with Gasteiger partial charge in [-0.1, -0.05) is 20.8 Å². The van der Waals surface area contributed by atoms with Crippen LogP contribution in [-0.4, -0.2) is 13.7 Å². The molecule has 0 amide bonds. The van der Waals surface area contributed by atoms with Gasteiger partial charge in [0.05, 0.1) is 0 Å². The highest BCUT2D eigenvalue weighted by atomic mass is 32.2. The predicted octanol–water partition coefficient (Wildman–Crippen LogP) is 3.75. The molecule has 0 aromatic rings. The lowest BCUT2D eigenvalue weighted by molar-refractivity contribution is 0.171. The van der Waals surface area contributed by atoms with Crippen LogP contribution in [0.1, 0.15) is 61.3 Å². The van der Waals surface area contributed by atoms with Crippen molar-refractivity contribution in [2.75, 3.05) is 0 Å². The fourth-order valence-corrected chi connectivity index (χ4v) is 4.97. The van der Waals surface area contributed by atoms with Gasteiger partial charge < -0.3 is 0 Å². The second-order valence-electron chi connectivity index (χ2n) is 7.26. The molecule has 0 radical (unpaired) electrons. The topological polar surface area (TPSA) is 17.1 Å². The van der Waals surface area contributed by atoms with Crippen molar-refractivity contribution in [1.29, 1.82) is 0 Å². The van der Waals surface area contributed by atoms with Crippen molar-refractivity contribution in [2.45, 2.75) is 70.8 Å². The first kappa shape index (κ1) is 13.2. The maximum atomic E-state index is 12.4. The van der Waals surface area contributed by atoms with E-state index in [1.165, 1.54) is 0 Å². The highest BCUT2D eigenvalue weighted by Gasteiger charge is 2.47. The van der Waals surface area contributed by atoms with Gasteiger partial charge in [-0.3, -0.25) is 4.21 Å². The molecule has 90 valence electrons. The lowest BCUT2D eigenvalue weighted by Gasteiger charge is -2.48. The molecule has 2 heteroatoms. The van der Waals surface area contributed by atoms with Gasteiger partial charge in [0.15, 0.2) is 0 Å². The second-order valence-corrected chi connectivity index (χ2v) is 10.0. The van der Waals surface area contributed by atoms with Crippen LogP contribution in [0.4, 0.5) is 0 Å². The molecule has 0 atom stereocenters. The zero-order valence-electron chi connectivity index (χ0n) is 11.3. The highest BCUT2D eigenvalue weighted by molar-refractivity contribution is 7.87. The quantitative estimate of drug-likeness (QED) is 0.619. The zero-order valence-corrected chi connectivity index (χ0v) is 12.1. The molecule has 0 aromatic heterocycles. The molecule has 1 nitrogen and oxygen atoms in total. The summed E-state index contributed by atoms with van der Waals surface area (Å²) in [6.45, 7) is 15.5. The Morgan fingerprint density at radius 1 is 1.00 bits per heavy atom. The third-order valence-corrected chi connectivity index (χ3v) is 6.05. The maximum absolute atomic E-state index is 12.4. The summed E-state index contributed by atoms with van der Waals surface area (Å²) in [7, 11) is -0.716. The Labute approximate surface area is 97.5 Å². The molecule has 0 bridgehead atoms. The Morgan fingerprint density at radius 2 is 1.33 bits per heavy atom. The van der Waals surface area contributed by atoms with E-state index in [2.05, 4.69) is 48.5 Å². The fourth-order valence-electron chi connectivity index (χ4n) is 2.77. The summed E-state index contributed by atoms with van der Waals surface area (Å²) in [5.74, 6) is 0.681. The Kier molecular flexibility index (Phi) is 3.15. The smallest absolute Gasteiger partial charge is 0.0411 e. The van der Waals surface area contributed by atoms with Gasteiger partial charge >= 0.3 is 0 Å². The second kappa shape index (κ2) is 3.58. The first-order chi connectivity index (χ1) is 6.47. The van der Waals surface area contributed by atoms with Crippen LogP contribution in [0.2, 0.25) is 0 Å². The summed E-state index contributed by atoms with van der Waals surface area (Å²) in [5, 5.41) is 0. The van der Waals surface area contributed by atoms with Gasteiger partial charge in [-0.15, -0.1) is 0 Å². The van der Waals surface area contributed by atoms with E-state index in [9.17, 15) is 4.21 Å². The van der Waals surface area contributed by atoms with Crippen molar-refractivity contribution in [3.8, 4) is 0 Å². The van der Waals surface area contributed by atoms with E-state index >= 15 is 0 Å². The summed E-state index contributed by atoms with van der Waals surface area (Å²) < 4.78 is 12.3. The van der Waals surface area contributed by atoms with Crippen LogP contribution in [-0.2, 0) is 10.8 Å². The van der Waals surface area contributed by atoms with Gasteiger partial charge in [0.25, 0.3) is 0 Å². The Hall–Kier alpha value is 0.150.